The molecule has 7 nitrogen and oxygen atoms in total. The second-order valence-electron chi connectivity index (χ2n) is 4.87. The van der Waals surface area contributed by atoms with E-state index in [-0.39, 0.29) is 29.7 Å². The molecule has 0 unspecified atom stereocenters. The molecule has 122 valence electrons. The third kappa shape index (κ3) is 3.57. The van der Waals surface area contributed by atoms with Gasteiger partial charge in [0.1, 0.15) is 10.6 Å². The summed E-state index contributed by atoms with van der Waals surface area (Å²) in [6.07, 6.45) is 1.26. The van der Waals surface area contributed by atoms with Crippen molar-refractivity contribution in [1.29, 1.82) is 0 Å². The van der Waals surface area contributed by atoms with Crippen LogP contribution in [0.25, 0.3) is 0 Å². The van der Waals surface area contributed by atoms with Crippen molar-refractivity contribution in [1.82, 2.24) is 4.72 Å². The van der Waals surface area contributed by atoms with E-state index in [9.17, 15) is 13.2 Å². The highest BCUT2D eigenvalue weighted by Gasteiger charge is 2.25. The Morgan fingerprint density at radius 1 is 1.32 bits per heavy atom. The maximum atomic E-state index is 12.4. The normalized spacial score (nSPS) is 15.4. The standard InChI is InChI=1S/C14H20N2O5S/c1-20-9-7-15-22(18,19)13-10-11(5-6-12(13)21-2)16-8-3-4-14(16)17/h5-6,10,15H,3-4,7-9H2,1-2H3. The fourth-order valence-electron chi connectivity index (χ4n) is 2.32. The first-order valence-corrected chi connectivity index (χ1v) is 8.45. The van der Waals surface area contributed by atoms with Crippen LogP contribution < -0.4 is 14.4 Å². The number of carbonyl (C=O) groups excluding carboxylic acids is 1. The Morgan fingerprint density at radius 3 is 2.68 bits per heavy atom. The minimum atomic E-state index is -3.74. The van der Waals surface area contributed by atoms with Gasteiger partial charge in [-0.1, -0.05) is 0 Å². The summed E-state index contributed by atoms with van der Waals surface area (Å²) in [5.41, 5.74) is 0.565. The number of nitrogens with zero attached hydrogens (tertiary/aromatic N) is 1. The Labute approximate surface area is 130 Å². The zero-order chi connectivity index (χ0) is 16.2. The summed E-state index contributed by atoms with van der Waals surface area (Å²) >= 11 is 0. The lowest BCUT2D eigenvalue weighted by atomic mass is 10.3. The highest BCUT2D eigenvalue weighted by Crippen LogP contribution is 2.30. The SMILES string of the molecule is COCCNS(=O)(=O)c1cc(N2CCCC2=O)ccc1OC. The van der Waals surface area contributed by atoms with Crippen LogP contribution in [0.3, 0.4) is 0 Å². The topological polar surface area (TPSA) is 84.9 Å². The molecule has 2 rings (SSSR count). The molecular formula is C14H20N2O5S. The highest BCUT2D eigenvalue weighted by molar-refractivity contribution is 7.89. The Morgan fingerprint density at radius 2 is 2.09 bits per heavy atom. The molecule has 1 N–H and O–H groups in total. The van der Waals surface area contributed by atoms with E-state index in [1.807, 2.05) is 0 Å². The Bertz CT molecular complexity index is 645. The molecule has 1 aliphatic rings. The maximum absolute atomic E-state index is 12.4. The van der Waals surface area contributed by atoms with Crippen molar-refractivity contribution in [3.05, 3.63) is 18.2 Å². The molecule has 22 heavy (non-hydrogen) atoms. The van der Waals surface area contributed by atoms with Crippen LogP contribution in [0.5, 0.6) is 5.75 Å². The molecule has 0 spiro atoms. The van der Waals surface area contributed by atoms with Gasteiger partial charge in [0.25, 0.3) is 0 Å². The van der Waals surface area contributed by atoms with E-state index in [0.717, 1.165) is 6.42 Å². The number of carbonyl (C=O) groups is 1. The van der Waals surface area contributed by atoms with Crippen molar-refractivity contribution in [2.45, 2.75) is 17.7 Å². The minimum absolute atomic E-state index is 0.000793. The van der Waals surface area contributed by atoms with Crippen molar-refractivity contribution in [2.24, 2.45) is 0 Å². The predicted molar refractivity (Wildman–Crippen MR) is 81.6 cm³/mol. The molecule has 0 saturated carbocycles. The molecule has 8 heteroatoms. The van der Waals surface area contributed by atoms with Crippen LogP contribution in [0.15, 0.2) is 23.1 Å². The molecule has 1 fully saturated rings. The quantitative estimate of drug-likeness (QED) is 0.747. The van der Waals surface area contributed by atoms with Gasteiger partial charge in [0.15, 0.2) is 0 Å². The zero-order valence-electron chi connectivity index (χ0n) is 12.7. The third-order valence-corrected chi connectivity index (χ3v) is 4.90. The van der Waals surface area contributed by atoms with Gasteiger partial charge in [-0.25, -0.2) is 13.1 Å². The van der Waals surface area contributed by atoms with E-state index >= 15 is 0 Å². The van der Waals surface area contributed by atoms with Crippen LogP contribution >= 0.6 is 0 Å². The smallest absolute Gasteiger partial charge is 0.244 e. The van der Waals surface area contributed by atoms with Gasteiger partial charge in [-0.15, -0.1) is 0 Å². The predicted octanol–water partition coefficient (Wildman–Crippen LogP) is 0.747. The summed E-state index contributed by atoms with van der Waals surface area (Å²) in [5.74, 6) is 0.237. The minimum Gasteiger partial charge on any atom is -0.495 e. The molecular weight excluding hydrogens is 308 g/mol. The van der Waals surface area contributed by atoms with Crippen LogP contribution in [-0.2, 0) is 19.6 Å². The van der Waals surface area contributed by atoms with Crippen molar-refractivity contribution in [2.75, 3.05) is 38.8 Å². The fraction of sp³-hybridized carbons (Fsp3) is 0.500. The van der Waals surface area contributed by atoms with E-state index in [2.05, 4.69) is 4.72 Å². The first-order valence-electron chi connectivity index (χ1n) is 6.96. The highest BCUT2D eigenvalue weighted by atomic mass is 32.2. The Hall–Kier alpha value is -1.64. The zero-order valence-corrected chi connectivity index (χ0v) is 13.5. The molecule has 1 aliphatic heterocycles. The van der Waals surface area contributed by atoms with Crippen LogP contribution in [0, 0.1) is 0 Å². The summed E-state index contributed by atoms with van der Waals surface area (Å²) in [4.78, 5) is 13.4. The van der Waals surface area contributed by atoms with Gasteiger partial charge in [0.2, 0.25) is 15.9 Å². The molecule has 0 aliphatic carbocycles. The lowest BCUT2D eigenvalue weighted by molar-refractivity contribution is -0.117. The van der Waals surface area contributed by atoms with Crippen molar-refractivity contribution >= 4 is 21.6 Å². The van der Waals surface area contributed by atoms with Gasteiger partial charge in [-0.3, -0.25) is 4.79 Å². The number of sulfonamides is 1. The molecule has 0 atom stereocenters. The molecule has 1 aromatic rings. The summed E-state index contributed by atoms with van der Waals surface area (Å²) in [6, 6.07) is 4.72. The number of rotatable bonds is 7. The summed E-state index contributed by atoms with van der Waals surface area (Å²) in [5, 5.41) is 0. The molecule has 1 amide bonds. The molecule has 0 radical (unpaired) electrons. The number of methoxy groups -OCH3 is 2. The van der Waals surface area contributed by atoms with Crippen LogP contribution in [0.4, 0.5) is 5.69 Å². The molecule has 1 saturated heterocycles. The van der Waals surface area contributed by atoms with E-state index < -0.39 is 10.0 Å². The molecule has 1 heterocycles. The summed E-state index contributed by atoms with van der Waals surface area (Å²) < 4.78 is 37.2. The van der Waals surface area contributed by atoms with Gasteiger partial charge < -0.3 is 14.4 Å². The van der Waals surface area contributed by atoms with Gasteiger partial charge in [0, 0.05) is 32.3 Å². The van der Waals surface area contributed by atoms with Crippen LogP contribution in [0.1, 0.15) is 12.8 Å². The first-order chi connectivity index (χ1) is 10.5. The van der Waals surface area contributed by atoms with Crippen molar-refractivity contribution in [3.63, 3.8) is 0 Å². The largest absolute Gasteiger partial charge is 0.495 e. The Kier molecular flexibility index (Phi) is 5.38. The second-order valence-corrected chi connectivity index (χ2v) is 6.61. The maximum Gasteiger partial charge on any atom is 0.244 e. The number of anilines is 1. The van der Waals surface area contributed by atoms with Gasteiger partial charge in [-0.05, 0) is 24.6 Å². The van der Waals surface area contributed by atoms with Crippen molar-refractivity contribution < 1.29 is 22.7 Å². The lowest BCUT2D eigenvalue weighted by Gasteiger charge is -2.18. The number of hydrogen-bond donors (Lipinski definition) is 1. The van der Waals surface area contributed by atoms with Gasteiger partial charge in [-0.2, -0.15) is 0 Å². The molecule has 0 aromatic heterocycles. The lowest BCUT2D eigenvalue weighted by Crippen LogP contribution is -2.28. The van der Waals surface area contributed by atoms with Crippen LogP contribution in [0.2, 0.25) is 0 Å². The average molecular weight is 328 g/mol. The number of benzene rings is 1. The number of hydrogen-bond acceptors (Lipinski definition) is 5. The summed E-state index contributed by atoms with van der Waals surface area (Å²) in [7, 11) is -0.836. The van der Waals surface area contributed by atoms with Crippen LogP contribution in [-0.4, -0.2) is 48.2 Å². The average Bonchev–Trinajstić information content (AvgIpc) is 2.93. The van der Waals surface area contributed by atoms with E-state index in [0.29, 0.717) is 18.7 Å². The second kappa shape index (κ2) is 7.08. The third-order valence-electron chi connectivity index (χ3n) is 3.42. The van der Waals surface area contributed by atoms with E-state index in [1.165, 1.54) is 20.3 Å². The summed E-state index contributed by atoms with van der Waals surface area (Å²) in [6.45, 7) is 1.03. The monoisotopic (exact) mass is 328 g/mol. The number of nitrogens with one attached hydrogen (secondary N) is 1. The first kappa shape index (κ1) is 16.7. The van der Waals surface area contributed by atoms with Gasteiger partial charge in [0.05, 0.1) is 13.7 Å². The van der Waals surface area contributed by atoms with Crippen molar-refractivity contribution in [3.8, 4) is 5.75 Å². The van der Waals surface area contributed by atoms with E-state index in [1.54, 1.807) is 17.0 Å². The van der Waals surface area contributed by atoms with E-state index in [4.69, 9.17) is 9.47 Å². The molecule has 0 bridgehead atoms. The fourth-order valence-corrected chi connectivity index (χ4v) is 3.52. The van der Waals surface area contributed by atoms with Gasteiger partial charge >= 0.3 is 0 Å². The number of ether oxygens (including phenoxy) is 2. The molecule has 1 aromatic carbocycles. The number of amides is 1. The Balaban J connectivity index is 2.34.